The lowest BCUT2D eigenvalue weighted by atomic mass is 9.94. The van der Waals surface area contributed by atoms with Gasteiger partial charge in [0.25, 0.3) is 0 Å². The molecule has 0 amide bonds. The lowest BCUT2D eigenvalue weighted by Gasteiger charge is -2.27. The number of nitrogens with zero attached hydrogens (tertiary/aromatic N) is 4. The molecule has 0 aliphatic carbocycles. The highest BCUT2D eigenvalue weighted by atomic mass is 15.2. The summed E-state index contributed by atoms with van der Waals surface area (Å²) in [4.78, 5) is 9.05. The van der Waals surface area contributed by atoms with Gasteiger partial charge in [0.1, 0.15) is 0 Å². The molecule has 3 heterocycles. The fourth-order valence-corrected chi connectivity index (χ4v) is 8.45. The van der Waals surface area contributed by atoms with Gasteiger partial charge in [0.2, 0.25) is 0 Å². The van der Waals surface area contributed by atoms with Crippen molar-refractivity contribution in [3.8, 4) is 27.9 Å². The molecule has 0 saturated heterocycles. The Bertz CT molecular complexity index is 2910. The number of fused-ring (bicyclic) bond motifs is 4. The summed E-state index contributed by atoms with van der Waals surface area (Å²) < 4.78 is 2.43. The summed E-state index contributed by atoms with van der Waals surface area (Å²) in [6.45, 7) is 6.80. The predicted octanol–water partition coefficient (Wildman–Crippen LogP) is 14.3. The maximum Gasteiger partial charge on any atom is 0.0644 e. The molecular weight excluding hydrogens is 693 g/mol. The molecule has 10 rings (SSSR count). The Labute approximate surface area is 333 Å². The van der Waals surface area contributed by atoms with E-state index in [1.165, 1.54) is 27.4 Å². The Morgan fingerprint density at radius 2 is 1.26 bits per heavy atom. The second kappa shape index (κ2) is 14.3. The maximum absolute atomic E-state index is 4.55. The third-order valence-corrected chi connectivity index (χ3v) is 11.1. The lowest BCUT2D eigenvalue weighted by molar-refractivity contribution is 0.971. The number of anilines is 5. The first-order valence-corrected chi connectivity index (χ1v) is 19.5. The van der Waals surface area contributed by atoms with Crippen LogP contribution in [-0.2, 0) is 0 Å². The number of rotatable bonds is 7. The van der Waals surface area contributed by atoms with E-state index < -0.39 is 0 Å². The average Bonchev–Trinajstić information content (AvgIpc) is 3.54. The van der Waals surface area contributed by atoms with Crippen LogP contribution in [0.4, 0.5) is 28.4 Å². The molecule has 1 aliphatic rings. The number of pyridine rings is 1. The molecule has 0 radical (unpaired) electrons. The largest absolute Gasteiger partial charge is 0.311 e. The highest BCUT2D eigenvalue weighted by molar-refractivity contribution is 6.15. The first-order valence-electron chi connectivity index (χ1n) is 19.5. The van der Waals surface area contributed by atoms with Gasteiger partial charge in [-0.1, -0.05) is 117 Å². The van der Waals surface area contributed by atoms with E-state index in [4.69, 9.17) is 0 Å². The van der Waals surface area contributed by atoms with Crippen LogP contribution in [-0.4, -0.2) is 9.55 Å². The molecule has 4 heteroatoms. The number of benzene rings is 7. The van der Waals surface area contributed by atoms with E-state index in [9.17, 15) is 0 Å². The first kappa shape index (κ1) is 34.1. The minimum Gasteiger partial charge on any atom is -0.311 e. The van der Waals surface area contributed by atoms with Crippen LogP contribution in [0.15, 0.2) is 219 Å². The van der Waals surface area contributed by atoms with Gasteiger partial charge in [-0.25, -0.2) is 0 Å². The second-order valence-corrected chi connectivity index (χ2v) is 14.6. The number of allylic oxidation sites excluding steroid dienone is 2. The minimum absolute atomic E-state index is 0.274. The van der Waals surface area contributed by atoms with Gasteiger partial charge >= 0.3 is 0 Å². The molecule has 0 spiro atoms. The van der Waals surface area contributed by atoms with E-state index in [-0.39, 0.29) is 5.92 Å². The van der Waals surface area contributed by atoms with Crippen molar-refractivity contribution in [3.05, 3.63) is 224 Å². The zero-order valence-electron chi connectivity index (χ0n) is 31.7. The summed E-state index contributed by atoms with van der Waals surface area (Å²) in [5, 5.41) is 2.41. The molecule has 4 nitrogen and oxygen atoms in total. The number of hydrogen-bond acceptors (Lipinski definition) is 3. The summed E-state index contributed by atoms with van der Waals surface area (Å²) in [5.41, 5.74) is 15.6. The van der Waals surface area contributed by atoms with Crippen molar-refractivity contribution < 1.29 is 0 Å². The van der Waals surface area contributed by atoms with Gasteiger partial charge in [-0.05, 0) is 113 Å². The molecule has 1 aliphatic heterocycles. The Balaban J connectivity index is 1.22. The van der Waals surface area contributed by atoms with Gasteiger partial charge in [-0.3, -0.25) is 4.98 Å². The molecular formula is C53H40N4. The van der Waals surface area contributed by atoms with Crippen molar-refractivity contribution in [2.24, 2.45) is 0 Å². The fraction of sp³-hybridized carbons (Fsp3) is 0.0377. The highest BCUT2D eigenvalue weighted by Crippen LogP contribution is 2.45. The van der Waals surface area contributed by atoms with Gasteiger partial charge in [0.05, 0.1) is 22.9 Å². The van der Waals surface area contributed by atoms with Crippen LogP contribution in [0.2, 0.25) is 0 Å². The predicted molar refractivity (Wildman–Crippen MR) is 239 cm³/mol. The van der Waals surface area contributed by atoms with Gasteiger partial charge < -0.3 is 14.4 Å². The van der Waals surface area contributed by atoms with Crippen LogP contribution < -0.4 is 9.80 Å². The van der Waals surface area contributed by atoms with Crippen molar-refractivity contribution >= 4 is 50.2 Å². The Morgan fingerprint density at radius 3 is 2.11 bits per heavy atom. The van der Waals surface area contributed by atoms with Crippen LogP contribution in [0.3, 0.4) is 0 Å². The zero-order chi connectivity index (χ0) is 38.3. The van der Waals surface area contributed by atoms with Crippen LogP contribution in [0.5, 0.6) is 0 Å². The molecule has 9 aromatic rings. The zero-order valence-corrected chi connectivity index (χ0v) is 31.7. The quantitative estimate of drug-likeness (QED) is 0.163. The molecule has 1 unspecified atom stereocenters. The van der Waals surface area contributed by atoms with E-state index >= 15 is 0 Å². The molecule has 0 fully saturated rings. The van der Waals surface area contributed by atoms with Crippen molar-refractivity contribution in [1.29, 1.82) is 0 Å². The first-order chi connectivity index (χ1) is 28.1. The van der Waals surface area contributed by atoms with E-state index in [1.807, 2.05) is 18.5 Å². The normalized spacial score (nSPS) is 13.8. The van der Waals surface area contributed by atoms with Crippen LogP contribution in [0, 0.1) is 0 Å². The summed E-state index contributed by atoms with van der Waals surface area (Å²) >= 11 is 0. The Morgan fingerprint density at radius 1 is 0.561 bits per heavy atom. The summed E-state index contributed by atoms with van der Waals surface area (Å²) in [6, 6.07) is 65.3. The van der Waals surface area contributed by atoms with Crippen molar-refractivity contribution in [2.75, 3.05) is 9.80 Å². The monoisotopic (exact) mass is 732 g/mol. The topological polar surface area (TPSA) is 24.3 Å². The van der Waals surface area contributed by atoms with Crippen molar-refractivity contribution in [1.82, 2.24) is 9.55 Å². The molecule has 1 atom stereocenters. The molecule has 7 aromatic carbocycles. The van der Waals surface area contributed by atoms with Gasteiger partial charge in [-0.2, -0.15) is 0 Å². The van der Waals surface area contributed by atoms with E-state index in [1.54, 1.807) is 0 Å². The molecule has 0 bridgehead atoms. The third-order valence-electron chi connectivity index (χ3n) is 11.1. The summed E-state index contributed by atoms with van der Waals surface area (Å²) in [7, 11) is 0. The Hall–Kier alpha value is -7.43. The average molecular weight is 733 g/mol. The van der Waals surface area contributed by atoms with Gasteiger partial charge in [0.15, 0.2) is 0 Å². The molecule has 0 saturated carbocycles. The smallest absolute Gasteiger partial charge is 0.0644 e. The summed E-state index contributed by atoms with van der Waals surface area (Å²) in [5.74, 6) is 0.274. The van der Waals surface area contributed by atoms with Crippen molar-refractivity contribution in [2.45, 2.75) is 12.8 Å². The van der Waals surface area contributed by atoms with Crippen molar-refractivity contribution in [3.63, 3.8) is 0 Å². The number of para-hydroxylation sites is 4. The summed E-state index contributed by atoms with van der Waals surface area (Å²) in [6.07, 6.45) is 8.14. The molecule has 2 aromatic heterocycles. The fourth-order valence-electron chi connectivity index (χ4n) is 8.45. The Kier molecular flexibility index (Phi) is 8.57. The number of aromatic nitrogens is 2. The third kappa shape index (κ3) is 6.09. The molecule has 57 heavy (non-hydrogen) atoms. The van der Waals surface area contributed by atoms with E-state index in [0.29, 0.717) is 0 Å². The SMILES string of the molecule is C=C1C=CC(C)c2ccccc2N1c1cccc(-c2cc(-c3cccc(N(c4ccccc4)c4cccnc4)c3)cc3c4ccccc4n(-c4ccccc4)c23)c1. The van der Waals surface area contributed by atoms with Crippen LogP contribution in [0.25, 0.3) is 49.7 Å². The van der Waals surface area contributed by atoms with Gasteiger partial charge in [-0.15, -0.1) is 0 Å². The van der Waals surface area contributed by atoms with Crippen LogP contribution >= 0.6 is 0 Å². The van der Waals surface area contributed by atoms with E-state index in [0.717, 1.165) is 62.1 Å². The number of hydrogen-bond donors (Lipinski definition) is 0. The molecule has 272 valence electrons. The van der Waals surface area contributed by atoms with Crippen LogP contribution in [0.1, 0.15) is 18.4 Å². The van der Waals surface area contributed by atoms with Gasteiger partial charge in [0, 0.05) is 62.6 Å². The highest BCUT2D eigenvalue weighted by Gasteiger charge is 2.23. The second-order valence-electron chi connectivity index (χ2n) is 14.6. The standard InChI is InChI=1S/C53H40N4/c1-37-29-30-38(2)55(51-27-11-9-25-47(37)51)44-22-14-17-40(33-44)49-34-41(35-50-48-26-10-12-28-52(48)57(53(49)50)43-20-7-4-8-21-43)39-16-13-23-45(32-39)56(42-18-5-3-6-19-42)46-24-15-31-54-36-46/h3-37H,2H2,1H3. The minimum atomic E-state index is 0.274. The van der Waals surface area contributed by atoms with E-state index in [2.05, 4.69) is 221 Å². The maximum atomic E-state index is 4.55. The molecule has 0 N–H and O–H groups in total. The lowest BCUT2D eigenvalue weighted by Crippen LogP contribution is -2.15.